The lowest BCUT2D eigenvalue weighted by atomic mass is 10.1. The topological polar surface area (TPSA) is 59.6 Å². The van der Waals surface area contributed by atoms with Crippen molar-refractivity contribution in [1.29, 1.82) is 0 Å². The van der Waals surface area contributed by atoms with Gasteiger partial charge in [-0.1, -0.05) is 43.0 Å². The van der Waals surface area contributed by atoms with Crippen molar-refractivity contribution in [3.8, 4) is 11.5 Å². The summed E-state index contributed by atoms with van der Waals surface area (Å²) in [7, 11) is 0. The Morgan fingerprint density at radius 3 is 2.77 bits per heavy atom. The van der Waals surface area contributed by atoms with E-state index in [4.69, 9.17) is 9.47 Å². The van der Waals surface area contributed by atoms with E-state index in [9.17, 15) is 4.79 Å². The monoisotopic (exact) mass is 354 g/mol. The number of carbonyl (C=O) groups excluding carboxylic acids is 1. The first-order valence-electron chi connectivity index (χ1n) is 8.72. The highest BCUT2D eigenvalue weighted by Crippen LogP contribution is 2.20. The van der Waals surface area contributed by atoms with E-state index in [1.165, 1.54) is 0 Å². The SMILES string of the molecule is C=CCOc1ccccc1CNC(=O)NC(C)c1cccc(OCC)c1. The Hall–Kier alpha value is -2.95. The van der Waals surface area contributed by atoms with Gasteiger partial charge in [-0.25, -0.2) is 4.79 Å². The van der Waals surface area contributed by atoms with Crippen LogP contribution in [-0.2, 0) is 6.54 Å². The van der Waals surface area contributed by atoms with Gasteiger partial charge in [-0.2, -0.15) is 0 Å². The van der Waals surface area contributed by atoms with Gasteiger partial charge >= 0.3 is 6.03 Å². The van der Waals surface area contributed by atoms with Gasteiger partial charge in [0.1, 0.15) is 18.1 Å². The Kier molecular flexibility index (Phi) is 7.55. The Bertz CT molecular complexity index is 731. The van der Waals surface area contributed by atoms with Gasteiger partial charge in [0.05, 0.1) is 12.6 Å². The maximum Gasteiger partial charge on any atom is 0.315 e. The van der Waals surface area contributed by atoms with Crippen molar-refractivity contribution in [2.75, 3.05) is 13.2 Å². The molecule has 1 unspecified atom stereocenters. The molecule has 0 saturated heterocycles. The number of ether oxygens (including phenoxy) is 2. The molecule has 5 heteroatoms. The normalized spacial score (nSPS) is 11.3. The van der Waals surface area contributed by atoms with Crippen LogP contribution in [0, 0.1) is 0 Å². The van der Waals surface area contributed by atoms with Crippen LogP contribution in [0.4, 0.5) is 4.79 Å². The average Bonchev–Trinajstić information content (AvgIpc) is 2.66. The van der Waals surface area contributed by atoms with Crippen LogP contribution in [0.2, 0.25) is 0 Å². The summed E-state index contributed by atoms with van der Waals surface area (Å²) in [6, 6.07) is 15.0. The molecule has 138 valence electrons. The van der Waals surface area contributed by atoms with E-state index in [2.05, 4.69) is 17.2 Å². The summed E-state index contributed by atoms with van der Waals surface area (Å²) in [6.07, 6.45) is 1.69. The Balaban J connectivity index is 1.90. The molecule has 0 aliphatic carbocycles. The third-order valence-electron chi connectivity index (χ3n) is 3.79. The molecule has 0 saturated carbocycles. The molecule has 0 fully saturated rings. The minimum atomic E-state index is -0.238. The van der Waals surface area contributed by atoms with Gasteiger partial charge in [-0.05, 0) is 37.6 Å². The third kappa shape index (κ3) is 5.84. The predicted molar refractivity (Wildman–Crippen MR) is 104 cm³/mol. The molecule has 5 nitrogen and oxygen atoms in total. The van der Waals surface area contributed by atoms with Crippen LogP contribution in [-0.4, -0.2) is 19.2 Å². The van der Waals surface area contributed by atoms with Crippen molar-refractivity contribution in [3.63, 3.8) is 0 Å². The zero-order valence-corrected chi connectivity index (χ0v) is 15.3. The predicted octanol–water partition coefficient (Wildman–Crippen LogP) is 4.21. The highest BCUT2D eigenvalue weighted by Gasteiger charge is 2.11. The first-order chi connectivity index (χ1) is 12.6. The molecule has 26 heavy (non-hydrogen) atoms. The summed E-state index contributed by atoms with van der Waals surface area (Å²) < 4.78 is 11.1. The summed E-state index contributed by atoms with van der Waals surface area (Å²) >= 11 is 0. The van der Waals surface area contributed by atoms with E-state index in [0.29, 0.717) is 19.8 Å². The summed E-state index contributed by atoms with van der Waals surface area (Å²) in [5.41, 5.74) is 1.90. The van der Waals surface area contributed by atoms with Crippen molar-refractivity contribution < 1.29 is 14.3 Å². The summed E-state index contributed by atoms with van der Waals surface area (Å²) in [6.45, 7) is 8.94. The Morgan fingerprint density at radius 1 is 1.19 bits per heavy atom. The largest absolute Gasteiger partial charge is 0.494 e. The van der Waals surface area contributed by atoms with Crippen LogP contribution in [0.25, 0.3) is 0 Å². The summed E-state index contributed by atoms with van der Waals surface area (Å²) in [4.78, 5) is 12.2. The second kappa shape index (κ2) is 10.1. The van der Waals surface area contributed by atoms with Crippen molar-refractivity contribution in [2.45, 2.75) is 26.4 Å². The molecule has 2 aromatic rings. The van der Waals surface area contributed by atoms with Gasteiger partial charge in [0.2, 0.25) is 0 Å². The number of hydrogen-bond donors (Lipinski definition) is 2. The minimum Gasteiger partial charge on any atom is -0.494 e. The van der Waals surface area contributed by atoms with Crippen LogP contribution >= 0.6 is 0 Å². The number of rotatable bonds is 9. The van der Waals surface area contributed by atoms with E-state index in [1.54, 1.807) is 6.08 Å². The van der Waals surface area contributed by atoms with E-state index in [1.807, 2.05) is 62.4 Å². The van der Waals surface area contributed by atoms with Gasteiger partial charge in [-0.3, -0.25) is 0 Å². The van der Waals surface area contributed by atoms with Crippen molar-refractivity contribution in [2.24, 2.45) is 0 Å². The second-order valence-corrected chi connectivity index (χ2v) is 5.76. The molecule has 2 amide bonds. The molecular weight excluding hydrogens is 328 g/mol. The quantitative estimate of drug-likeness (QED) is 0.663. The number of amides is 2. The summed E-state index contributed by atoms with van der Waals surface area (Å²) in [5, 5.41) is 5.80. The molecule has 2 N–H and O–H groups in total. The Labute approximate surface area is 155 Å². The maximum absolute atomic E-state index is 12.2. The lowest BCUT2D eigenvalue weighted by Gasteiger charge is -2.17. The molecule has 2 aromatic carbocycles. The maximum atomic E-state index is 12.2. The number of benzene rings is 2. The first kappa shape index (κ1) is 19.4. The molecule has 1 atom stereocenters. The molecule has 0 aliphatic rings. The standard InChI is InChI=1S/C21H26N2O3/c1-4-13-26-20-12-7-6-9-18(20)15-22-21(24)23-16(3)17-10-8-11-19(14-17)25-5-2/h4,6-12,14,16H,1,5,13,15H2,2-3H3,(H2,22,23,24). The zero-order valence-electron chi connectivity index (χ0n) is 15.3. The molecule has 0 bridgehead atoms. The molecule has 0 aromatic heterocycles. The van der Waals surface area contributed by atoms with Gasteiger partial charge in [0.25, 0.3) is 0 Å². The molecular formula is C21H26N2O3. The van der Waals surface area contributed by atoms with Gasteiger partial charge in [0.15, 0.2) is 0 Å². The number of para-hydroxylation sites is 1. The molecule has 0 radical (unpaired) electrons. The number of carbonyl (C=O) groups is 1. The zero-order chi connectivity index (χ0) is 18.8. The van der Waals surface area contributed by atoms with Crippen molar-refractivity contribution >= 4 is 6.03 Å². The van der Waals surface area contributed by atoms with Crippen LogP contribution in [0.3, 0.4) is 0 Å². The lowest BCUT2D eigenvalue weighted by molar-refractivity contribution is 0.237. The smallest absolute Gasteiger partial charge is 0.315 e. The van der Waals surface area contributed by atoms with Crippen LogP contribution in [0.1, 0.15) is 31.0 Å². The van der Waals surface area contributed by atoms with Gasteiger partial charge in [0, 0.05) is 12.1 Å². The van der Waals surface area contributed by atoms with Gasteiger partial charge < -0.3 is 20.1 Å². The molecule has 2 rings (SSSR count). The summed E-state index contributed by atoms with van der Waals surface area (Å²) in [5.74, 6) is 1.54. The van der Waals surface area contributed by atoms with Crippen LogP contribution in [0.15, 0.2) is 61.2 Å². The van der Waals surface area contributed by atoms with E-state index < -0.39 is 0 Å². The average molecular weight is 354 g/mol. The lowest BCUT2D eigenvalue weighted by Crippen LogP contribution is -2.36. The minimum absolute atomic E-state index is 0.136. The van der Waals surface area contributed by atoms with Crippen LogP contribution in [0.5, 0.6) is 11.5 Å². The van der Waals surface area contributed by atoms with Crippen molar-refractivity contribution in [1.82, 2.24) is 10.6 Å². The highest BCUT2D eigenvalue weighted by atomic mass is 16.5. The third-order valence-corrected chi connectivity index (χ3v) is 3.79. The number of nitrogens with one attached hydrogen (secondary N) is 2. The highest BCUT2D eigenvalue weighted by molar-refractivity contribution is 5.74. The van der Waals surface area contributed by atoms with E-state index in [-0.39, 0.29) is 12.1 Å². The fourth-order valence-electron chi connectivity index (χ4n) is 2.49. The van der Waals surface area contributed by atoms with E-state index >= 15 is 0 Å². The first-order valence-corrected chi connectivity index (χ1v) is 8.72. The van der Waals surface area contributed by atoms with Crippen LogP contribution < -0.4 is 20.1 Å². The second-order valence-electron chi connectivity index (χ2n) is 5.76. The number of urea groups is 1. The fourth-order valence-corrected chi connectivity index (χ4v) is 2.49. The van der Waals surface area contributed by atoms with Gasteiger partial charge in [-0.15, -0.1) is 0 Å². The van der Waals surface area contributed by atoms with E-state index in [0.717, 1.165) is 22.6 Å². The fraction of sp³-hybridized carbons (Fsp3) is 0.286. The Morgan fingerprint density at radius 2 is 2.00 bits per heavy atom. The molecule has 0 heterocycles. The number of hydrogen-bond acceptors (Lipinski definition) is 3. The molecule has 0 spiro atoms. The molecule has 0 aliphatic heterocycles. The van der Waals surface area contributed by atoms with Crippen molar-refractivity contribution in [3.05, 3.63) is 72.3 Å².